The number of carboxylic acids is 1. The zero-order valence-electron chi connectivity index (χ0n) is 15.1. The van der Waals surface area contributed by atoms with Crippen LogP contribution in [0.5, 0.6) is 0 Å². The van der Waals surface area contributed by atoms with Crippen LogP contribution in [0.15, 0.2) is 30.5 Å². The van der Waals surface area contributed by atoms with E-state index in [1.807, 2.05) is 0 Å². The van der Waals surface area contributed by atoms with E-state index >= 15 is 0 Å². The molecule has 2 N–H and O–H groups in total. The number of aryl methyl sites for hydroxylation is 1. The highest BCUT2D eigenvalue weighted by Gasteiger charge is 2.18. The third-order valence-electron chi connectivity index (χ3n) is 4.13. The van der Waals surface area contributed by atoms with Gasteiger partial charge < -0.3 is 10.4 Å². The lowest BCUT2D eigenvalue weighted by molar-refractivity contribution is -0.137. The molecule has 2 aromatic heterocycles. The van der Waals surface area contributed by atoms with Crippen LogP contribution in [0.3, 0.4) is 0 Å². The van der Waals surface area contributed by atoms with Crippen LogP contribution in [0, 0.1) is 19.7 Å². The number of anilines is 1. The van der Waals surface area contributed by atoms with Gasteiger partial charge in [-0.25, -0.2) is 4.39 Å². The summed E-state index contributed by atoms with van der Waals surface area (Å²) in [6, 6.07) is 5.58. The minimum atomic E-state index is -1.05. The van der Waals surface area contributed by atoms with Gasteiger partial charge in [-0.15, -0.1) is 0 Å². The van der Waals surface area contributed by atoms with Gasteiger partial charge in [0, 0.05) is 11.2 Å². The molecular weight excluding hydrogens is 389 g/mol. The summed E-state index contributed by atoms with van der Waals surface area (Å²) in [5.74, 6) is -1.95. The van der Waals surface area contributed by atoms with Gasteiger partial charge in [0.25, 0.3) is 5.91 Å². The maximum Gasteiger partial charge on any atom is 0.325 e. The van der Waals surface area contributed by atoms with Crippen molar-refractivity contribution in [2.24, 2.45) is 0 Å². The predicted octanol–water partition coefficient (Wildman–Crippen LogP) is 2.87. The van der Waals surface area contributed by atoms with Gasteiger partial charge in [-0.2, -0.15) is 10.2 Å². The first kappa shape index (κ1) is 19.6. The van der Waals surface area contributed by atoms with Crippen LogP contribution in [0.4, 0.5) is 10.1 Å². The van der Waals surface area contributed by atoms with E-state index in [0.717, 1.165) is 4.68 Å². The Morgan fingerprint density at radius 3 is 2.68 bits per heavy atom. The summed E-state index contributed by atoms with van der Waals surface area (Å²) in [5, 5.41) is 20.2. The highest BCUT2D eigenvalue weighted by atomic mass is 35.5. The Bertz CT molecular complexity index is 1060. The summed E-state index contributed by atoms with van der Waals surface area (Å²) in [6.07, 6.45) is 1.42. The topological polar surface area (TPSA) is 102 Å². The third-order valence-corrected chi connectivity index (χ3v) is 4.48. The van der Waals surface area contributed by atoms with Gasteiger partial charge >= 0.3 is 5.97 Å². The van der Waals surface area contributed by atoms with Crippen molar-refractivity contribution < 1.29 is 19.1 Å². The highest BCUT2D eigenvalue weighted by Crippen LogP contribution is 2.24. The fourth-order valence-electron chi connectivity index (χ4n) is 2.73. The second kappa shape index (κ2) is 7.81. The van der Waals surface area contributed by atoms with Crippen molar-refractivity contribution in [3.8, 4) is 0 Å². The molecule has 10 heteroatoms. The molecular formula is C18H17ClFN5O3. The van der Waals surface area contributed by atoms with Crippen LogP contribution >= 0.6 is 11.6 Å². The van der Waals surface area contributed by atoms with Crippen molar-refractivity contribution in [1.29, 1.82) is 0 Å². The maximum absolute atomic E-state index is 13.2. The van der Waals surface area contributed by atoms with Gasteiger partial charge in [0.05, 0.1) is 23.6 Å². The third kappa shape index (κ3) is 4.20. The molecule has 0 saturated carbocycles. The van der Waals surface area contributed by atoms with Crippen molar-refractivity contribution in [2.45, 2.75) is 26.9 Å². The number of carboxylic acid groups (broad SMARTS) is 1. The van der Waals surface area contributed by atoms with E-state index in [9.17, 15) is 14.0 Å². The summed E-state index contributed by atoms with van der Waals surface area (Å²) < 4.78 is 16.0. The number of hydrogen-bond acceptors (Lipinski definition) is 4. The molecule has 0 bridgehead atoms. The summed E-state index contributed by atoms with van der Waals surface area (Å²) in [7, 11) is 0. The zero-order chi connectivity index (χ0) is 20.4. The van der Waals surface area contributed by atoms with Crippen molar-refractivity contribution in [1.82, 2.24) is 19.6 Å². The molecule has 0 fully saturated rings. The molecule has 0 aliphatic rings. The zero-order valence-corrected chi connectivity index (χ0v) is 15.9. The van der Waals surface area contributed by atoms with E-state index in [1.165, 1.54) is 24.4 Å². The van der Waals surface area contributed by atoms with Gasteiger partial charge in [-0.05, 0) is 37.6 Å². The number of carbonyl (C=O) groups excluding carboxylic acids is 1. The largest absolute Gasteiger partial charge is 0.480 e. The Hall–Kier alpha value is -3.20. The lowest BCUT2D eigenvalue weighted by atomic mass is 10.2. The van der Waals surface area contributed by atoms with E-state index in [2.05, 4.69) is 15.5 Å². The first-order chi connectivity index (χ1) is 13.2. The molecule has 0 atom stereocenters. The van der Waals surface area contributed by atoms with Crippen molar-refractivity contribution in [2.75, 3.05) is 5.32 Å². The molecule has 0 aliphatic heterocycles. The van der Waals surface area contributed by atoms with E-state index in [0.29, 0.717) is 34.2 Å². The average Bonchev–Trinajstić information content (AvgIpc) is 3.17. The van der Waals surface area contributed by atoms with Gasteiger partial charge in [0.1, 0.15) is 12.4 Å². The minimum absolute atomic E-state index is 0.0920. The number of amides is 1. The summed E-state index contributed by atoms with van der Waals surface area (Å²) in [4.78, 5) is 23.2. The molecule has 0 unspecified atom stereocenters. The molecule has 1 amide bonds. The Kier molecular flexibility index (Phi) is 5.46. The molecule has 0 spiro atoms. The molecule has 1 aromatic carbocycles. The van der Waals surface area contributed by atoms with E-state index < -0.39 is 17.7 Å². The molecule has 3 rings (SSSR count). The fraction of sp³-hybridized carbons (Fsp3) is 0.222. The number of hydrogen-bond donors (Lipinski definition) is 2. The quantitative estimate of drug-likeness (QED) is 0.656. The molecule has 3 aromatic rings. The number of nitrogens with zero attached hydrogens (tertiary/aromatic N) is 4. The predicted molar refractivity (Wildman–Crippen MR) is 100 cm³/mol. The van der Waals surface area contributed by atoms with Crippen molar-refractivity contribution in [3.63, 3.8) is 0 Å². The maximum atomic E-state index is 13.2. The van der Waals surface area contributed by atoms with E-state index in [-0.39, 0.29) is 12.2 Å². The summed E-state index contributed by atoms with van der Waals surface area (Å²) in [6.45, 7) is 3.51. The van der Waals surface area contributed by atoms with E-state index in [1.54, 1.807) is 24.6 Å². The molecule has 28 heavy (non-hydrogen) atoms. The molecule has 2 heterocycles. The standard InChI is InChI=1S/C18H17ClFN5O3/c1-10-17(21-18(28)15-5-6-24(23-15)9-16(26)27)11(2)25(22-10)8-12-3-4-13(20)7-14(12)19/h3-7H,8-9H2,1-2H3,(H,21,28)(H,26,27). The van der Waals surface area contributed by atoms with Crippen molar-refractivity contribution >= 4 is 29.2 Å². The molecule has 146 valence electrons. The van der Waals surface area contributed by atoms with Crippen LogP contribution in [-0.4, -0.2) is 36.5 Å². The molecule has 8 nitrogen and oxygen atoms in total. The number of rotatable bonds is 6. The van der Waals surface area contributed by atoms with Crippen LogP contribution in [0.1, 0.15) is 27.4 Å². The Balaban J connectivity index is 1.78. The number of halogens is 2. The molecule has 0 radical (unpaired) electrons. The smallest absolute Gasteiger partial charge is 0.325 e. The van der Waals surface area contributed by atoms with Gasteiger partial charge in [-0.3, -0.25) is 19.0 Å². The van der Waals surface area contributed by atoms with Crippen LogP contribution in [0.2, 0.25) is 5.02 Å². The second-order valence-electron chi connectivity index (χ2n) is 6.19. The number of aromatic nitrogens is 4. The molecule has 0 aliphatic carbocycles. The lowest BCUT2D eigenvalue weighted by Crippen LogP contribution is -2.16. The van der Waals surface area contributed by atoms with Gasteiger partial charge in [0.2, 0.25) is 0 Å². The normalized spacial score (nSPS) is 10.9. The highest BCUT2D eigenvalue weighted by molar-refractivity contribution is 6.31. The Labute approximate surface area is 164 Å². The summed E-state index contributed by atoms with van der Waals surface area (Å²) >= 11 is 6.08. The summed E-state index contributed by atoms with van der Waals surface area (Å²) in [5.41, 5.74) is 2.59. The number of nitrogens with one attached hydrogen (secondary N) is 1. The van der Waals surface area contributed by atoms with E-state index in [4.69, 9.17) is 16.7 Å². The van der Waals surface area contributed by atoms with Gasteiger partial charge in [0.15, 0.2) is 5.69 Å². The van der Waals surface area contributed by atoms with Crippen molar-refractivity contribution in [3.05, 3.63) is 63.9 Å². The van der Waals surface area contributed by atoms with Crippen LogP contribution in [-0.2, 0) is 17.9 Å². The first-order valence-electron chi connectivity index (χ1n) is 8.29. The monoisotopic (exact) mass is 405 g/mol. The van der Waals surface area contributed by atoms with Gasteiger partial charge in [-0.1, -0.05) is 17.7 Å². The lowest BCUT2D eigenvalue weighted by Gasteiger charge is -2.08. The number of benzene rings is 1. The number of aliphatic carboxylic acids is 1. The second-order valence-corrected chi connectivity index (χ2v) is 6.59. The Morgan fingerprint density at radius 1 is 1.25 bits per heavy atom. The SMILES string of the molecule is Cc1nn(Cc2ccc(F)cc2Cl)c(C)c1NC(=O)c1ccn(CC(=O)O)n1. The number of carbonyl (C=O) groups is 2. The van der Waals surface area contributed by atoms with Crippen LogP contribution < -0.4 is 5.32 Å². The first-order valence-corrected chi connectivity index (χ1v) is 8.67. The van der Waals surface area contributed by atoms with Crippen LogP contribution in [0.25, 0.3) is 0 Å². The fourth-order valence-corrected chi connectivity index (χ4v) is 2.96. The molecule has 0 saturated heterocycles. The Morgan fingerprint density at radius 2 is 2.00 bits per heavy atom. The minimum Gasteiger partial charge on any atom is -0.480 e. The average molecular weight is 406 g/mol.